The Hall–Kier alpha value is -1.38. The molecule has 0 aliphatic heterocycles. The van der Waals surface area contributed by atoms with Crippen molar-refractivity contribution in [3.63, 3.8) is 0 Å². The van der Waals surface area contributed by atoms with E-state index in [1.165, 1.54) is 5.56 Å². The maximum Gasteiger partial charge on any atom is 0.144 e. The number of hydrogen-bond donors (Lipinski definition) is 1. The van der Waals surface area contributed by atoms with Gasteiger partial charge in [0, 0.05) is 11.7 Å². The van der Waals surface area contributed by atoms with Gasteiger partial charge in [0.1, 0.15) is 11.5 Å². The fourth-order valence-corrected chi connectivity index (χ4v) is 1.12. The Bertz CT molecular complexity index is 354. The Balaban J connectivity index is 3.03. The molecule has 0 saturated heterocycles. The van der Waals surface area contributed by atoms with E-state index in [4.69, 9.17) is 5.73 Å². The van der Waals surface area contributed by atoms with E-state index in [0.717, 1.165) is 11.4 Å². The topological polar surface area (TPSA) is 51.3 Å². The van der Waals surface area contributed by atoms with Crippen LogP contribution in [0.15, 0.2) is 17.1 Å². The summed E-state index contributed by atoms with van der Waals surface area (Å²) < 4.78 is 0. The van der Waals surface area contributed by atoms with Crippen molar-refractivity contribution in [1.29, 1.82) is 0 Å². The number of hydrogen-bond acceptors (Lipinski definition) is 2. The molecule has 1 aromatic heterocycles. The first-order valence-electron chi connectivity index (χ1n) is 4.78. The molecule has 76 valence electrons. The zero-order valence-electron chi connectivity index (χ0n) is 9.20. The van der Waals surface area contributed by atoms with Crippen LogP contribution < -0.4 is 5.73 Å². The fraction of sp³-hybridized carbons (Fsp3) is 0.455. The molecule has 3 nitrogen and oxygen atoms in total. The molecular weight excluding hydrogens is 174 g/mol. The van der Waals surface area contributed by atoms with Crippen molar-refractivity contribution in [2.45, 2.75) is 33.7 Å². The van der Waals surface area contributed by atoms with Gasteiger partial charge in [0.2, 0.25) is 0 Å². The minimum atomic E-state index is 0.207. The average Bonchev–Trinajstić information content (AvgIpc) is 2.08. The summed E-state index contributed by atoms with van der Waals surface area (Å²) in [5.41, 5.74) is 8.74. The highest BCUT2D eigenvalue weighted by Crippen LogP contribution is 2.05. The van der Waals surface area contributed by atoms with Gasteiger partial charge in [-0.25, -0.2) is 4.98 Å². The smallest absolute Gasteiger partial charge is 0.144 e. The molecule has 0 amide bonds. The second kappa shape index (κ2) is 4.22. The molecule has 2 N–H and O–H groups in total. The number of aryl methyl sites for hydroxylation is 2. The Kier molecular flexibility index (Phi) is 3.23. The molecule has 0 unspecified atom stereocenters. The zero-order chi connectivity index (χ0) is 10.7. The summed E-state index contributed by atoms with van der Waals surface area (Å²) >= 11 is 0. The number of nitrogens with two attached hydrogens (primary N) is 1. The van der Waals surface area contributed by atoms with Gasteiger partial charge >= 0.3 is 0 Å². The van der Waals surface area contributed by atoms with Gasteiger partial charge in [0.25, 0.3) is 0 Å². The van der Waals surface area contributed by atoms with Crippen molar-refractivity contribution >= 4 is 5.84 Å². The largest absolute Gasteiger partial charge is 0.382 e. The van der Waals surface area contributed by atoms with E-state index in [0.29, 0.717) is 5.84 Å². The number of amidine groups is 1. The lowest BCUT2D eigenvalue weighted by molar-refractivity contribution is 0.833. The fourth-order valence-electron chi connectivity index (χ4n) is 1.12. The summed E-state index contributed by atoms with van der Waals surface area (Å²) in [4.78, 5) is 8.62. The maximum absolute atomic E-state index is 5.80. The van der Waals surface area contributed by atoms with Gasteiger partial charge in [-0.2, -0.15) is 0 Å². The highest BCUT2D eigenvalue weighted by molar-refractivity contribution is 5.95. The van der Waals surface area contributed by atoms with Gasteiger partial charge in [-0.3, -0.25) is 4.99 Å². The van der Waals surface area contributed by atoms with E-state index in [1.54, 1.807) is 0 Å². The Morgan fingerprint density at radius 1 is 1.36 bits per heavy atom. The predicted octanol–water partition coefficient (Wildman–Crippen LogP) is 1.81. The van der Waals surface area contributed by atoms with Crippen LogP contribution in [0.2, 0.25) is 0 Å². The van der Waals surface area contributed by atoms with Crippen LogP contribution in [-0.4, -0.2) is 16.9 Å². The van der Waals surface area contributed by atoms with Gasteiger partial charge in [-0.15, -0.1) is 0 Å². The van der Waals surface area contributed by atoms with Crippen LogP contribution in [0.25, 0.3) is 0 Å². The first kappa shape index (κ1) is 10.7. The van der Waals surface area contributed by atoms with Crippen LogP contribution >= 0.6 is 0 Å². The molecule has 0 spiro atoms. The van der Waals surface area contributed by atoms with E-state index >= 15 is 0 Å². The molecule has 0 radical (unpaired) electrons. The minimum absolute atomic E-state index is 0.207. The minimum Gasteiger partial charge on any atom is -0.382 e. The molecule has 1 heterocycles. The third-order valence-electron chi connectivity index (χ3n) is 2.01. The van der Waals surface area contributed by atoms with Crippen molar-refractivity contribution in [1.82, 2.24) is 4.98 Å². The summed E-state index contributed by atoms with van der Waals surface area (Å²) in [6.45, 7) is 7.99. The lowest BCUT2D eigenvalue weighted by Crippen LogP contribution is -2.17. The van der Waals surface area contributed by atoms with E-state index in [9.17, 15) is 0 Å². The molecule has 0 aliphatic rings. The molecule has 0 aliphatic carbocycles. The quantitative estimate of drug-likeness (QED) is 0.572. The number of aromatic nitrogens is 1. The molecule has 0 aromatic carbocycles. The SMILES string of the molecule is Cc1ccc(C(N)=NC(C)C)nc1C. The molecular formula is C11H17N3. The third-order valence-corrected chi connectivity index (χ3v) is 2.01. The summed E-state index contributed by atoms with van der Waals surface area (Å²) in [6, 6.07) is 4.13. The standard InChI is InChI=1S/C11H17N3/c1-7(2)13-11(12)10-6-5-8(3)9(4)14-10/h5-7H,1-4H3,(H2,12,13). The molecule has 1 aromatic rings. The van der Waals surface area contributed by atoms with Gasteiger partial charge < -0.3 is 5.73 Å². The van der Waals surface area contributed by atoms with Crippen molar-refractivity contribution in [3.05, 3.63) is 29.1 Å². The van der Waals surface area contributed by atoms with Crippen LogP contribution in [0, 0.1) is 13.8 Å². The first-order chi connectivity index (χ1) is 6.50. The van der Waals surface area contributed by atoms with Gasteiger partial charge in [0.15, 0.2) is 0 Å². The van der Waals surface area contributed by atoms with Crippen LogP contribution in [0.1, 0.15) is 30.8 Å². The normalized spacial score (nSPS) is 12.2. The second-order valence-electron chi connectivity index (χ2n) is 3.71. The van der Waals surface area contributed by atoms with Gasteiger partial charge in [-0.1, -0.05) is 6.07 Å². The number of aliphatic imine (C=N–C) groups is 1. The highest BCUT2D eigenvalue weighted by Gasteiger charge is 2.02. The predicted molar refractivity (Wildman–Crippen MR) is 59.6 cm³/mol. The molecule has 0 atom stereocenters. The summed E-state index contributed by atoms with van der Waals surface area (Å²) in [5, 5.41) is 0. The number of pyridine rings is 1. The lowest BCUT2D eigenvalue weighted by atomic mass is 10.2. The van der Waals surface area contributed by atoms with E-state index in [1.807, 2.05) is 39.8 Å². The third kappa shape index (κ3) is 2.55. The number of nitrogens with zero attached hydrogens (tertiary/aromatic N) is 2. The van der Waals surface area contributed by atoms with Gasteiger partial charge in [0.05, 0.1) is 0 Å². The van der Waals surface area contributed by atoms with Crippen LogP contribution in [0.5, 0.6) is 0 Å². The summed E-state index contributed by atoms with van der Waals surface area (Å²) in [7, 11) is 0. The Morgan fingerprint density at radius 2 is 2.00 bits per heavy atom. The van der Waals surface area contributed by atoms with Crippen LogP contribution in [0.4, 0.5) is 0 Å². The maximum atomic E-state index is 5.80. The molecule has 3 heteroatoms. The monoisotopic (exact) mass is 191 g/mol. The van der Waals surface area contributed by atoms with Gasteiger partial charge in [-0.05, 0) is 39.3 Å². The average molecular weight is 191 g/mol. The molecule has 14 heavy (non-hydrogen) atoms. The first-order valence-corrected chi connectivity index (χ1v) is 4.78. The summed E-state index contributed by atoms with van der Waals surface area (Å²) in [5.74, 6) is 0.517. The van der Waals surface area contributed by atoms with Crippen molar-refractivity contribution in [2.24, 2.45) is 10.7 Å². The molecule has 0 bridgehead atoms. The van der Waals surface area contributed by atoms with E-state index in [-0.39, 0.29) is 6.04 Å². The second-order valence-corrected chi connectivity index (χ2v) is 3.71. The molecule has 1 rings (SSSR count). The Labute approximate surface area is 85.1 Å². The van der Waals surface area contributed by atoms with E-state index < -0.39 is 0 Å². The van der Waals surface area contributed by atoms with E-state index in [2.05, 4.69) is 9.98 Å². The highest BCUT2D eigenvalue weighted by atomic mass is 14.9. The zero-order valence-corrected chi connectivity index (χ0v) is 9.20. The van der Waals surface area contributed by atoms with Crippen molar-refractivity contribution in [3.8, 4) is 0 Å². The molecule has 0 fully saturated rings. The lowest BCUT2D eigenvalue weighted by Gasteiger charge is -2.05. The van der Waals surface area contributed by atoms with Crippen LogP contribution in [-0.2, 0) is 0 Å². The Morgan fingerprint density at radius 3 is 2.50 bits per heavy atom. The summed E-state index contributed by atoms with van der Waals surface area (Å²) in [6.07, 6.45) is 0. The molecule has 0 saturated carbocycles. The van der Waals surface area contributed by atoms with Crippen molar-refractivity contribution in [2.75, 3.05) is 0 Å². The number of rotatable bonds is 2. The van der Waals surface area contributed by atoms with Crippen LogP contribution in [0.3, 0.4) is 0 Å². The van der Waals surface area contributed by atoms with Crippen molar-refractivity contribution < 1.29 is 0 Å².